The molecule has 0 fully saturated rings. The van der Waals surface area contributed by atoms with Crippen LogP contribution in [0, 0.1) is 0 Å². The largest absolute Gasteiger partial charge is 0.351 e. The van der Waals surface area contributed by atoms with Crippen LogP contribution < -0.4 is 4.90 Å². The zero-order chi connectivity index (χ0) is 11.8. The molecule has 0 unspecified atom stereocenters. The van der Waals surface area contributed by atoms with Gasteiger partial charge in [0, 0.05) is 25.4 Å². The molecule has 1 aromatic rings. The number of nitrogens with zero attached hydrogens (tertiary/aromatic N) is 1. The van der Waals surface area contributed by atoms with E-state index < -0.39 is 0 Å². The van der Waals surface area contributed by atoms with Crippen LogP contribution in [-0.2, 0) is 4.79 Å². The first kappa shape index (κ1) is 12.5. The summed E-state index contributed by atoms with van der Waals surface area (Å²) in [6, 6.07) is 9.98. The second-order valence-electron chi connectivity index (χ2n) is 3.83. The summed E-state index contributed by atoms with van der Waals surface area (Å²) in [5.74, 6) is 0.199. The van der Waals surface area contributed by atoms with Gasteiger partial charge in [-0.15, -0.1) is 0 Å². The Labute approximate surface area is 97.6 Å². The third-order valence-corrected chi connectivity index (χ3v) is 2.42. The lowest BCUT2D eigenvalue weighted by molar-refractivity contribution is -0.114. The Bertz CT molecular complexity index is 343. The number of carbonyl (C=O) groups is 1. The molecule has 0 bridgehead atoms. The first-order valence-electron chi connectivity index (χ1n) is 5.73. The second kappa shape index (κ2) is 6.83. The predicted molar refractivity (Wildman–Crippen MR) is 68.5 cm³/mol. The second-order valence-corrected chi connectivity index (χ2v) is 3.83. The van der Waals surface area contributed by atoms with E-state index in [4.69, 9.17) is 0 Å². The number of benzene rings is 1. The van der Waals surface area contributed by atoms with Crippen molar-refractivity contribution in [3.63, 3.8) is 0 Å². The van der Waals surface area contributed by atoms with Crippen LogP contribution in [-0.4, -0.2) is 12.8 Å². The monoisotopic (exact) mass is 217 g/mol. The summed E-state index contributed by atoms with van der Waals surface area (Å²) >= 11 is 0. The average molecular weight is 217 g/mol. The number of rotatable bonds is 6. The van der Waals surface area contributed by atoms with Crippen LogP contribution in [0.25, 0.3) is 0 Å². The molecule has 2 nitrogen and oxygen atoms in total. The van der Waals surface area contributed by atoms with Gasteiger partial charge in [-0.3, -0.25) is 4.79 Å². The highest BCUT2D eigenvalue weighted by Crippen LogP contribution is 2.11. The van der Waals surface area contributed by atoms with Gasteiger partial charge in [0.05, 0.1) is 0 Å². The van der Waals surface area contributed by atoms with Crippen LogP contribution in [0.2, 0.25) is 0 Å². The maximum atomic E-state index is 11.4. The van der Waals surface area contributed by atoms with Gasteiger partial charge in [-0.1, -0.05) is 31.5 Å². The molecule has 0 spiro atoms. The van der Waals surface area contributed by atoms with Gasteiger partial charge in [0.2, 0.25) is 0 Å². The van der Waals surface area contributed by atoms with E-state index in [1.807, 2.05) is 48.5 Å². The standard InChI is InChI=1S/C14H19NO/c1-3-4-10-14(16)11-12-15(2)13-8-6-5-7-9-13/h5-9,11-12H,3-4,10H2,1-2H3/b12-11+. The van der Waals surface area contributed by atoms with Crippen molar-refractivity contribution in [2.45, 2.75) is 26.2 Å². The van der Waals surface area contributed by atoms with E-state index in [2.05, 4.69) is 6.92 Å². The van der Waals surface area contributed by atoms with E-state index in [0.717, 1.165) is 18.5 Å². The Kier molecular flexibility index (Phi) is 5.34. The third-order valence-electron chi connectivity index (χ3n) is 2.42. The molecule has 0 saturated carbocycles. The fraction of sp³-hybridized carbons (Fsp3) is 0.357. The molecule has 0 aromatic heterocycles. The Hall–Kier alpha value is -1.57. The molecule has 86 valence electrons. The Morgan fingerprint density at radius 3 is 2.62 bits per heavy atom. The van der Waals surface area contributed by atoms with Gasteiger partial charge in [0.25, 0.3) is 0 Å². The molecule has 16 heavy (non-hydrogen) atoms. The van der Waals surface area contributed by atoms with Crippen molar-refractivity contribution in [3.05, 3.63) is 42.6 Å². The van der Waals surface area contributed by atoms with Gasteiger partial charge in [-0.05, 0) is 24.6 Å². The maximum absolute atomic E-state index is 11.4. The summed E-state index contributed by atoms with van der Waals surface area (Å²) in [4.78, 5) is 13.4. The Morgan fingerprint density at radius 1 is 1.31 bits per heavy atom. The van der Waals surface area contributed by atoms with Crippen molar-refractivity contribution in [2.75, 3.05) is 11.9 Å². The molecule has 0 amide bonds. The van der Waals surface area contributed by atoms with Crippen molar-refractivity contribution in [2.24, 2.45) is 0 Å². The molecule has 1 rings (SSSR count). The number of anilines is 1. The van der Waals surface area contributed by atoms with Crippen LogP contribution in [0.4, 0.5) is 5.69 Å². The van der Waals surface area contributed by atoms with Crippen LogP contribution in [0.3, 0.4) is 0 Å². The summed E-state index contributed by atoms with van der Waals surface area (Å²) in [5, 5.41) is 0. The van der Waals surface area contributed by atoms with Gasteiger partial charge in [0.1, 0.15) is 0 Å². The summed E-state index contributed by atoms with van der Waals surface area (Å²) < 4.78 is 0. The number of unbranched alkanes of at least 4 members (excludes halogenated alkanes) is 1. The lowest BCUT2D eigenvalue weighted by Gasteiger charge is -2.13. The SMILES string of the molecule is CCCCC(=O)/C=C/N(C)c1ccccc1. The van der Waals surface area contributed by atoms with Gasteiger partial charge < -0.3 is 4.90 Å². The highest BCUT2D eigenvalue weighted by atomic mass is 16.1. The molecular formula is C14H19NO. The smallest absolute Gasteiger partial charge is 0.157 e. The summed E-state index contributed by atoms with van der Waals surface area (Å²) in [7, 11) is 1.94. The third kappa shape index (κ3) is 4.30. The summed E-state index contributed by atoms with van der Waals surface area (Å²) in [5.41, 5.74) is 1.09. The van der Waals surface area contributed by atoms with Gasteiger partial charge in [-0.25, -0.2) is 0 Å². The minimum Gasteiger partial charge on any atom is -0.351 e. The van der Waals surface area contributed by atoms with Crippen molar-refractivity contribution in [3.8, 4) is 0 Å². The fourth-order valence-electron chi connectivity index (χ4n) is 1.38. The highest BCUT2D eigenvalue weighted by Gasteiger charge is 1.97. The van der Waals surface area contributed by atoms with Crippen LogP contribution in [0.15, 0.2) is 42.6 Å². The zero-order valence-electron chi connectivity index (χ0n) is 10.0. The molecule has 1 aromatic carbocycles. The maximum Gasteiger partial charge on any atom is 0.157 e. The van der Waals surface area contributed by atoms with E-state index in [9.17, 15) is 4.79 Å². The van der Waals surface area contributed by atoms with Gasteiger partial charge >= 0.3 is 0 Å². The van der Waals surface area contributed by atoms with Crippen molar-refractivity contribution < 1.29 is 4.79 Å². The van der Waals surface area contributed by atoms with Crippen LogP contribution >= 0.6 is 0 Å². The molecule has 2 heteroatoms. The Balaban J connectivity index is 2.48. The first-order valence-corrected chi connectivity index (χ1v) is 5.73. The van der Waals surface area contributed by atoms with Gasteiger partial charge in [0.15, 0.2) is 5.78 Å². The molecule has 0 aliphatic carbocycles. The number of para-hydroxylation sites is 1. The van der Waals surface area contributed by atoms with E-state index >= 15 is 0 Å². The van der Waals surface area contributed by atoms with E-state index in [1.165, 1.54) is 0 Å². The average Bonchev–Trinajstić information content (AvgIpc) is 2.34. The highest BCUT2D eigenvalue weighted by molar-refractivity contribution is 5.89. The number of allylic oxidation sites excluding steroid dienone is 1. The lowest BCUT2D eigenvalue weighted by atomic mass is 10.2. The predicted octanol–water partition coefficient (Wildman–Crippen LogP) is 3.40. The van der Waals surface area contributed by atoms with Crippen molar-refractivity contribution >= 4 is 11.5 Å². The molecule has 0 saturated heterocycles. The molecule has 0 heterocycles. The zero-order valence-corrected chi connectivity index (χ0v) is 10.0. The summed E-state index contributed by atoms with van der Waals surface area (Å²) in [6.45, 7) is 2.09. The molecular weight excluding hydrogens is 198 g/mol. The number of ketones is 1. The molecule has 0 aliphatic rings. The number of hydrogen-bond acceptors (Lipinski definition) is 2. The minimum absolute atomic E-state index is 0.199. The minimum atomic E-state index is 0.199. The van der Waals surface area contributed by atoms with Crippen molar-refractivity contribution in [1.82, 2.24) is 0 Å². The van der Waals surface area contributed by atoms with Crippen molar-refractivity contribution in [1.29, 1.82) is 0 Å². The fourth-order valence-corrected chi connectivity index (χ4v) is 1.38. The summed E-state index contributed by atoms with van der Waals surface area (Å²) in [6.07, 6.45) is 6.16. The molecule has 0 atom stereocenters. The normalized spacial score (nSPS) is 10.6. The van der Waals surface area contributed by atoms with E-state index in [-0.39, 0.29) is 5.78 Å². The van der Waals surface area contributed by atoms with Crippen LogP contribution in [0.5, 0.6) is 0 Å². The van der Waals surface area contributed by atoms with Gasteiger partial charge in [-0.2, -0.15) is 0 Å². The first-order chi connectivity index (χ1) is 7.74. The molecule has 0 aliphatic heterocycles. The topological polar surface area (TPSA) is 20.3 Å². The number of carbonyl (C=O) groups excluding carboxylic acids is 1. The molecule has 0 radical (unpaired) electrons. The molecule has 0 N–H and O–H groups in total. The lowest BCUT2D eigenvalue weighted by Crippen LogP contribution is -2.08. The number of hydrogen-bond donors (Lipinski definition) is 0. The van der Waals surface area contributed by atoms with E-state index in [0.29, 0.717) is 6.42 Å². The quantitative estimate of drug-likeness (QED) is 0.681. The van der Waals surface area contributed by atoms with E-state index in [1.54, 1.807) is 6.08 Å². The Morgan fingerprint density at radius 2 is 2.00 bits per heavy atom. The van der Waals surface area contributed by atoms with Crippen LogP contribution in [0.1, 0.15) is 26.2 Å².